The molecule has 0 bridgehead atoms. The number of hydrogen-bond donors (Lipinski definition) is 0. The molecular weight excluding hydrogens is 734 g/mol. The van der Waals surface area contributed by atoms with Gasteiger partial charge >= 0.3 is 11.9 Å². The van der Waals surface area contributed by atoms with Crippen LogP contribution in [-0.2, 0) is 19.1 Å². The first-order valence-corrected chi connectivity index (χ1v) is 14.7. The predicted octanol–water partition coefficient (Wildman–Crippen LogP) is 3.95. The highest BCUT2D eigenvalue weighted by Crippen LogP contribution is 2.32. The molecule has 0 saturated carbocycles. The van der Waals surface area contributed by atoms with Crippen molar-refractivity contribution in [2.45, 2.75) is 26.3 Å². The van der Waals surface area contributed by atoms with Crippen LogP contribution < -0.4 is 19.6 Å². The fraction of sp³-hybridized carbons (Fsp3) is 0.259. The summed E-state index contributed by atoms with van der Waals surface area (Å²) in [6, 6.07) is 12.5. The first-order chi connectivity index (χ1) is 18.3. The number of aromatic nitrogens is 1. The van der Waals surface area contributed by atoms with Crippen LogP contribution in [0.2, 0.25) is 0 Å². The van der Waals surface area contributed by atoms with Gasteiger partial charge in [-0.05, 0) is 82.3 Å². The van der Waals surface area contributed by atoms with E-state index in [4.69, 9.17) is 19.2 Å². The molecular formula is C27H24I2N2O6S. The molecule has 4 rings (SSSR count). The van der Waals surface area contributed by atoms with Gasteiger partial charge in [0.2, 0.25) is 0 Å². The van der Waals surface area contributed by atoms with Crippen LogP contribution in [-0.4, -0.2) is 36.8 Å². The van der Waals surface area contributed by atoms with Crippen LogP contribution in [0.4, 0.5) is 0 Å². The lowest BCUT2D eigenvalue weighted by atomic mass is 9.95. The Labute approximate surface area is 250 Å². The zero-order valence-electron chi connectivity index (χ0n) is 20.8. The first-order valence-electron chi connectivity index (χ1n) is 11.7. The molecule has 198 valence electrons. The maximum absolute atomic E-state index is 13.9. The van der Waals surface area contributed by atoms with E-state index in [-0.39, 0.29) is 18.8 Å². The molecule has 11 heteroatoms. The number of esters is 2. The molecule has 38 heavy (non-hydrogen) atoms. The molecule has 2 aromatic carbocycles. The summed E-state index contributed by atoms with van der Waals surface area (Å²) in [5.74, 6) is -0.512. The number of halogens is 2. The number of carbonyl (C=O) groups is 2. The van der Waals surface area contributed by atoms with E-state index in [1.54, 1.807) is 17.6 Å². The van der Waals surface area contributed by atoms with E-state index in [2.05, 4.69) is 45.2 Å². The standard InChI is InChI=1S/C27H24I2N2O6S/c1-4-19-22(26(34)35-3)23(15-9-7-6-8-10-15)31-25(33)20(38-27(31)30-19)12-16-11-17(28)13-18(29)24(16)37-14-21(32)36-5-2/h6-13,23H,4-5,14H2,1-3H3/b20-12+/t23-/m0/s1. The number of thiazole rings is 1. The number of allylic oxidation sites excluding steroid dienone is 1. The Morgan fingerprint density at radius 1 is 1.16 bits per heavy atom. The molecule has 1 atom stereocenters. The highest BCUT2D eigenvalue weighted by atomic mass is 127. The topological polar surface area (TPSA) is 96.2 Å². The van der Waals surface area contributed by atoms with Gasteiger partial charge in [-0.1, -0.05) is 48.6 Å². The van der Waals surface area contributed by atoms with Crippen LogP contribution in [0.5, 0.6) is 5.75 Å². The number of benzene rings is 2. The summed E-state index contributed by atoms with van der Waals surface area (Å²) in [6.07, 6.45) is 2.24. The van der Waals surface area contributed by atoms with Crippen LogP contribution in [0.25, 0.3) is 6.08 Å². The third-order valence-electron chi connectivity index (χ3n) is 5.73. The third-order valence-corrected chi connectivity index (χ3v) is 8.14. The number of carbonyl (C=O) groups excluding carboxylic acids is 2. The molecule has 0 amide bonds. The van der Waals surface area contributed by atoms with Crippen molar-refractivity contribution in [2.24, 2.45) is 4.99 Å². The van der Waals surface area contributed by atoms with Crippen LogP contribution in [0.15, 0.2) is 63.5 Å². The van der Waals surface area contributed by atoms with Gasteiger partial charge in [-0.2, -0.15) is 0 Å². The van der Waals surface area contributed by atoms with Gasteiger partial charge in [0.15, 0.2) is 11.4 Å². The fourth-order valence-corrected chi connectivity index (χ4v) is 7.19. The highest BCUT2D eigenvalue weighted by Gasteiger charge is 2.33. The monoisotopic (exact) mass is 758 g/mol. The Morgan fingerprint density at radius 3 is 2.55 bits per heavy atom. The normalized spacial score (nSPS) is 15.1. The zero-order chi connectivity index (χ0) is 27.4. The maximum Gasteiger partial charge on any atom is 0.344 e. The van der Waals surface area contributed by atoms with Gasteiger partial charge in [0, 0.05) is 9.13 Å². The summed E-state index contributed by atoms with van der Waals surface area (Å²) in [6.45, 7) is 3.66. The molecule has 0 saturated heterocycles. The number of nitrogens with zero attached hydrogens (tertiary/aromatic N) is 2. The largest absolute Gasteiger partial charge is 0.480 e. The Balaban J connectivity index is 1.91. The van der Waals surface area contributed by atoms with Crippen molar-refractivity contribution >= 4 is 74.5 Å². The lowest BCUT2D eigenvalue weighted by Gasteiger charge is -2.25. The molecule has 0 spiro atoms. The van der Waals surface area contributed by atoms with Gasteiger partial charge < -0.3 is 14.2 Å². The summed E-state index contributed by atoms with van der Waals surface area (Å²) >= 11 is 5.58. The molecule has 1 aromatic heterocycles. The van der Waals surface area contributed by atoms with Crippen molar-refractivity contribution in [2.75, 3.05) is 20.3 Å². The summed E-state index contributed by atoms with van der Waals surface area (Å²) in [5, 5.41) is 0. The molecule has 3 aromatic rings. The van der Waals surface area contributed by atoms with Gasteiger partial charge in [-0.25, -0.2) is 14.6 Å². The minimum Gasteiger partial charge on any atom is -0.480 e. The van der Waals surface area contributed by atoms with Gasteiger partial charge in [-0.15, -0.1) is 0 Å². The number of methoxy groups -OCH3 is 1. The second-order valence-electron chi connectivity index (χ2n) is 8.10. The Hall–Kier alpha value is -2.52. The van der Waals surface area contributed by atoms with E-state index in [1.165, 1.54) is 18.4 Å². The van der Waals surface area contributed by atoms with Crippen LogP contribution in [0, 0.1) is 7.14 Å². The van der Waals surface area contributed by atoms with Crippen molar-refractivity contribution < 1.29 is 23.8 Å². The molecule has 0 fully saturated rings. The second kappa shape index (κ2) is 12.6. The molecule has 0 unspecified atom stereocenters. The summed E-state index contributed by atoms with van der Waals surface area (Å²) in [5.41, 5.74) is 2.08. The summed E-state index contributed by atoms with van der Waals surface area (Å²) in [4.78, 5) is 43.9. The van der Waals surface area contributed by atoms with Crippen molar-refractivity contribution in [3.05, 3.63) is 91.7 Å². The van der Waals surface area contributed by atoms with E-state index in [0.717, 1.165) is 12.7 Å². The van der Waals surface area contributed by atoms with Crippen LogP contribution >= 0.6 is 56.5 Å². The number of ether oxygens (including phenoxy) is 3. The minimum absolute atomic E-state index is 0.247. The summed E-state index contributed by atoms with van der Waals surface area (Å²) < 4.78 is 19.6. The Kier molecular flexibility index (Phi) is 9.41. The van der Waals surface area contributed by atoms with Gasteiger partial charge in [-0.3, -0.25) is 9.36 Å². The molecule has 2 heterocycles. The molecule has 1 aliphatic heterocycles. The van der Waals surface area contributed by atoms with Crippen molar-refractivity contribution in [3.63, 3.8) is 0 Å². The van der Waals surface area contributed by atoms with Crippen LogP contribution in [0.1, 0.15) is 37.4 Å². The second-order valence-corrected chi connectivity index (χ2v) is 11.5. The lowest BCUT2D eigenvalue weighted by Crippen LogP contribution is -2.40. The molecule has 0 aliphatic carbocycles. The van der Waals surface area contributed by atoms with Gasteiger partial charge in [0.1, 0.15) is 5.75 Å². The van der Waals surface area contributed by atoms with E-state index in [1.807, 2.05) is 49.4 Å². The minimum atomic E-state index is -0.674. The first kappa shape index (κ1) is 28.5. The molecule has 0 radical (unpaired) electrons. The van der Waals surface area contributed by atoms with E-state index < -0.39 is 18.0 Å². The number of rotatable bonds is 8. The molecule has 8 nitrogen and oxygen atoms in total. The van der Waals surface area contributed by atoms with Gasteiger partial charge in [0.25, 0.3) is 5.56 Å². The lowest BCUT2D eigenvalue weighted by molar-refractivity contribution is -0.145. The van der Waals surface area contributed by atoms with Crippen molar-refractivity contribution in [1.29, 1.82) is 0 Å². The summed E-state index contributed by atoms with van der Waals surface area (Å²) in [7, 11) is 1.33. The van der Waals surface area contributed by atoms with Crippen molar-refractivity contribution in [1.82, 2.24) is 4.57 Å². The maximum atomic E-state index is 13.9. The van der Waals surface area contributed by atoms with E-state index >= 15 is 0 Å². The fourth-order valence-electron chi connectivity index (χ4n) is 4.13. The van der Waals surface area contributed by atoms with Crippen molar-refractivity contribution in [3.8, 4) is 5.75 Å². The predicted molar refractivity (Wildman–Crippen MR) is 161 cm³/mol. The van der Waals surface area contributed by atoms with Gasteiger partial charge in [0.05, 0.1) is 39.1 Å². The quantitative estimate of drug-likeness (QED) is 0.255. The Morgan fingerprint density at radius 2 is 1.89 bits per heavy atom. The molecule has 1 aliphatic rings. The zero-order valence-corrected chi connectivity index (χ0v) is 26.0. The molecule has 0 N–H and O–H groups in total. The van der Waals surface area contributed by atoms with E-state index in [0.29, 0.717) is 38.3 Å². The number of fused-ring (bicyclic) bond motifs is 1. The Bertz CT molecular complexity index is 1590. The SMILES string of the molecule is CCOC(=O)COc1c(I)cc(I)cc1/C=c1/sc2n(c1=O)[C@@H](c1ccccc1)C(C(=O)OC)=C(CC)N=2. The average Bonchev–Trinajstić information content (AvgIpc) is 3.21. The van der Waals surface area contributed by atoms with Crippen LogP contribution in [0.3, 0.4) is 0 Å². The average molecular weight is 758 g/mol. The smallest absolute Gasteiger partial charge is 0.344 e. The van der Waals surface area contributed by atoms with E-state index in [9.17, 15) is 14.4 Å². The highest BCUT2D eigenvalue weighted by molar-refractivity contribution is 14.1. The third kappa shape index (κ3) is 5.88. The number of hydrogen-bond acceptors (Lipinski definition) is 8.